The Labute approximate surface area is 68.0 Å². The number of hydrogen-bond donors (Lipinski definition) is 0. The molecule has 0 amide bonds. The highest BCUT2D eigenvalue weighted by molar-refractivity contribution is 8.02. The van der Waals surface area contributed by atoms with E-state index in [1.807, 2.05) is 5.40 Å². The van der Waals surface area contributed by atoms with Gasteiger partial charge in [0.15, 0.2) is 12.0 Å². The fraction of sp³-hybridized carbons (Fsp3) is 0.143. The summed E-state index contributed by atoms with van der Waals surface area (Å²) in [5, 5.41) is 10.1. The lowest BCUT2D eigenvalue weighted by atomic mass is 10.4. The van der Waals surface area contributed by atoms with Gasteiger partial charge in [0, 0.05) is 0 Å². The average Bonchev–Trinajstić information content (AvgIpc) is 2.48. The maximum Gasteiger partial charge on any atom is 0.185 e. The van der Waals surface area contributed by atoms with E-state index in [-0.39, 0.29) is 0 Å². The zero-order valence-electron chi connectivity index (χ0n) is 5.61. The van der Waals surface area contributed by atoms with Crippen molar-refractivity contribution >= 4 is 18.0 Å². The van der Waals surface area contributed by atoms with E-state index in [0.29, 0.717) is 23.6 Å². The number of hydrogen-bond acceptors (Lipinski definition) is 4. The van der Waals surface area contributed by atoms with E-state index in [1.165, 1.54) is 0 Å². The quantitative estimate of drug-likeness (QED) is 0.508. The lowest BCUT2D eigenvalue weighted by Gasteiger charge is -1.85. The van der Waals surface area contributed by atoms with Crippen LogP contribution in [0.15, 0.2) is 16.5 Å². The van der Waals surface area contributed by atoms with Crippen molar-refractivity contribution < 1.29 is 9.21 Å². The third-order valence-electron chi connectivity index (χ3n) is 1.08. The number of carbonyl (C=O) groups is 1. The van der Waals surface area contributed by atoms with Crippen LogP contribution in [0.1, 0.15) is 16.3 Å². The van der Waals surface area contributed by atoms with Gasteiger partial charge in [0.2, 0.25) is 0 Å². The standard InChI is InChI=1S/C7H5NO2S/c8-5-11-4-7-2-1-6(3-9)10-7/h1-3H,4H2. The van der Waals surface area contributed by atoms with Crippen LogP contribution in [0.25, 0.3) is 0 Å². The van der Waals surface area contributed by atoms with Gasteiger partial charge in [-0.05, 0) is 23.9 Å². The van der Waals surface area contributed by atoms with E-state index in [2.05, 4.69) is 0 Å². The van der Waals surface area contributed by atoms with Gasteiger partial charge in [0.05, 0.1) is 5.75 Å². The SMILES string of the molecule is N#CSCc1ccc(C=O)o1. The highest BCUT2D eigenvalue weighted by Gasteiger charge is 1.99. The monoisotopic (exact) mass is 167 g/mol. The summed E-state index contributed by atoms with van der Waals surface area (Å²) in [7, 11) is 0. The normalized spacial score (nSPS) is 9.00. The molecular weight excluding hydrogens is 162 g/mol. The Bertz CT molecular complexity index is 287. The molecule has 0 N–H and O–H groups in total. The summed E-state index contributed by atoms with van der Waals surface area (Å²) in [6.45, 7) is 0. The summed E-state index contributed by atoms with van der Waals surface area (Å²) >= 11 is 1.08. The number of furan rings is 1. The van der Waals surface area contributed by atoms with Gasteiger partial charge in [-0.3, -0.25) is 4.79 Å². The fourth-order valence-corrected chi connectivity index (χ4v) is 1.00. The molecule has 0 fully saturated rings. The molecule has 3 nitrogen and oxygen atoms in total. The second kappa shape index (κ2) is 3.84. The molecule has 0 radical (unpaired) electrons. The van der Waals surface area contributed by atoms with Crippen molar-refractivity contribution in [3.63, 3.8) is 0 Å². The number of aldehydes is 1. The van der Waals surface area contributed by atoms with Crippen molar-refractivity contribution in [1.82, 2.24) is 0 Å². The van der Waals surface area contributed by atoms with Gasteiger partial charge in [-0.15, -0.1) is 0 Å². The predicted molar refractivity (Wildman–Crippen MR) is 41.0 cm³/mol. The number of rotatable bonds is 3. The van der Waals surface area contributed by atoms with E-state index in [9.17, 15) is 4.79 Å². The van der Waals surface area contributed by atoms with E-state index in [1.54, 1.807) is 12.1 Å². The zero-order chi connectivity index (χ0) is 8.10. The topological polar surface area (TPSA) is 54.0 Å². The van der Waals surface area contributed by atoms with Crippen LogP contribution < -0.4 is 0 Å². The van der Waals surface area contributed by atoms with E-state index in [4.69, 9.17) is 9.68 Å². The first-order chi connectivity index (χ1) is 5.36. The fourth-order valence-electron chi connectivity index (χ4n) is 0.639. The molecule has 1 aromatic rings. The Morgan fingerprint density at radius 1 is 1.73 bits per heavy atom. The second-order valence-corrected chi connectivity index (χ2v) is 2.56. The number of thioether (sulfide) groups is 1. The van der Waals surface area contributed by atoms with Crippen molar-refractivity contribution in [2.45, 2.75) is 5.75 Å². The Kier molecular flexibility index (Phi) is 2.75. The molecule has 0 saturated carbocycles. The molecule has 0 bridgehead atoms. The Morgan fingerprint density at radius 2 is 2.55 bits per heavy atom. The molecule has 0 aliphatic heterocycles. The number of nitriles is 1. The molecule has 4 heteroatoms. The summed E-state index contributed by atoms with van der Waals surface area (Å²) in [4.78, 5) is 10.1. The Balaban J connectivity index is 2.59. The molecule has 0 spiro atoms. The minimum Gasteiger partial charge on any atom is -0.457 e. The number of thiocyanates is 1. The smallest absolute Gasteiger partial charge is 0.185 e. The molecule has 1 aromatic heterocycles. The van der Waals surface area contributed by atoms with Crippen LogP contribution in [0.4, 0.5) is 0 Å². The first-order valence-electron chi connectivity index (χ1n) is 2.91. The summed E-state index contributed by atoms with van der Waals surface area (Å²) in [6.07, 6.45) is 0.639. The highest BCUT2D eigenvalue weighted by Crippen LogP contribution is 2.12. The minimum atomic E-state index is 0.304. The lowest BCUT2D eigenvalue weighted by Crippen LogP contribution is -1.72. The summed E-state index contributed by atoms with van der Waals surface area (Å²) in [5.41, 5.74) is 0. The van der Waals surface area contributed by atoms with Gasteiger partial charge in [-0.2, -0.15) is 5.26 Å². The average molecular weight is 167 g/mol. The minimum absolute atomic E-state index is 0.304. The van der Waals surface area contributed by atoms with Gasteiger partial charge in [0.25, 0.3) is 0 Å². The van der Waals surface area contributed by atoms with Crippen LogP contribution in [0.3, 0.4) is 0 Å². The van der Waals surface area contributed by atoms with Crippen molar-refractivity contribution in [3.8, 4) is 5.40 Å². The molecule has 56 valence electrons. The van der Waals surface area contributed by atoms with Crippen molar-refractivity contribution in [2.24, 2.45) is 0 Å². The second-order valence-electron chi connectivity index (χ2n) is 1.80. The van der Waals surface area contributed by atoms with Crippen molar-refractivity contribution in [3.05, 3.63) is 23.7 Å². The van der Waals surface area contributed by atoms with Gasteiger partial charge < -0.3 is 4.42 Å². The van der Waals surface area contributed by atoms with Crippen LogP contribution in [0.2, 0.25) is 0 Å². The number of nitrogens with zero attached hydrogens (tertiary/aromatic N) is 1. The largest absolute Gasteiger partial charge is 0.457 e. The molecule has 0 atom stereocenters. The van der Waals surface area contributed by atoms with Crippen LogP contribution in [0, 0.1) is 10.7 Å². The third-order valence-corrected chi connectivity index (χ3v) is 1.64. The molecule has 0 saturated heterocycles. The first kappa shape index (κ1) is 7.89. The summed E-state index contributed by atoms with van der Waals surface area (Å²) < 4.78 is 4.99. The van der Waals surface area contributed by atoms with Gasteiger partial charge >= 0.3 is 0 Å². The van der Waals surface area contributed by atoms with Crippen LogP contribution in [-0.4, -0.2) is 6.29 Å². The molecule has 0 aliphatic rings. The number of carbonyl (C=O) groups excluding carboxylic acids is 1. The van der Waals surface area contributed by atoms with Crippen molar-refractivity contribution in [2.75, 3.05) is 0 Å². The summed E-state index contributed by atoms with van der Waals surface area (Å²) in [5.74, 6) is 1.45. The van der Waals surface area contributed by atoms with Gasteiger partial charge in [-0.1, -0.05) is 0 Å². The molecule has 1 rings (SSSR count). The molecule has 0 aliphatic carbocycles. The Hall–Kier alpha value is -1.21. The molecule has 0 aromatic carbocycles. The van der Waals surface area contributed by atoms with E-state index >= 15 is 0 Å². The van der Waals surface area contributed by atoms with Gasteiger partial charge in [-0.25, -0.2) is 0 Å². The van der Waals surface area contributed by atoms with E-state index in [0.717, 1.165) is 11.8 Å². The third kappa shape index (κ3) is 2.13. The predicted octanol–water partition coefficient (Wildman–Crippen LogP) is 1.81. The van der Waals surface area contributed by atoms with E-state index < -0.39 is 0 Å². The van der Waals surface area contributed by atoms with Crippen LogP contribution in [-0.2, 0) is 5.75 Å². The Morgan fingerprint density at radius 3 is 3.09 bits per heavy atom. The zero-order valence-corrected chi connectivity index (χ0v) is 6.43. The maximum absolute atomic E-state index is 10.1. The lowest BCUT2D eigenvalue weighted by molar-refractivity contribution is 0.109. The van der Waals surface area contributed by atoms with Crippen LogP contribution in [0.5, 0.6) is 0 Å². The van der Waals surface area contributed by atoms with Crippen molar-refractivity contribution in [1.29, 1.82) is 5.26 Å². The molecular formula is C7H5NO2S. The maximum atomic E-state index is 10.1. The first-order valence-corrected chi connectivity index (χ1v) is 3.90. The summed E-state index contributed by atoms with van der Waals surface area (Å²) in [6, 6.07) is 3.27. The van der Waals surface area contributed by atoms with Crippen LogP contribution >= 0.6 is 11.8 Å². The molecule has 0 unspecified atom stereocenters. The highest BCUT2D eigenvalue weighted by atomic mass is 32.2. The molecule has 11 heavy (non-hydrogen) atoms. The van der Waals surface area contributed by atoms with Gasteiger partial charge in [0.1, 0.15) is 11.2 Å². The molecule has 1 heterocycles.